The van der Waals surface area contributed by atoms with Gasteiger partial charge >= 0.3 is 0 Å². The average molecular weight is 571 g/mol. The number of halogens is 2. The fraction of sp³-hybridized carbons (Fsp3) is 0.429. The Balaban J connectivity index is 1.48. The van der Waals surface area contributed by atoms with E-state index in [1.807, 2.05) is 6.08 Å². The first-order valence-electron chi connectivity index (χ1n) is 12.5. The molecule has 1 saturated carbocycles. The smallest absolute Gasteiger partial charge is 0.233 e. The van der Waals surface area contributed by atoms with E-state index >= 15 is 0 Å². The number of likely N-dealkylation sites (tertiary alicyclic amines) is 1. The van der Waals surface area contributed by atoms with Gasteiger partial charge in [-0.05, 0) is 65.7 Å². The summed E-state index contributed by atoms with van der Waals surface area (Å²) in [6.07, 6.45) is 8.65. The van der Waals surface area contributed by atoms with E-state index in [-0.39, 0.29) is 46.1 Å². The monoisotopic (exact) mass is 569 g/mol. The van der Waals surface area contributed by atoms with E-state index in [0.717, 1.165) is 37.7 Å². The van der Waals surface area contributed by atoms with Gasteiger partial charge in [0.15, 0.2) is 11.6 Å². The highest BCUT2D eigenvalue weighted by Crippen LogP contribution is 2.56. The van der Waals surface area contributed by atoms with Gasteiger partial charge in [0.05, 0.1) is 16.3 Å². The van der Waals surface area contributed by atoms with Crippen LogP contribution < -0.4 is 0 Å². The molecule has 1 aromatic carbocycles. The van der Waals surface area contributed by atoms with Gasteiger partial charge in [0.25, 0.3) is 0 Å². The number of benzene rings is 1. The summed E-state index contributed by atoms with van der Waals surface area (Å²) >= 11 is 9.52. The number of phenolic OH excluding ortho intramolecular Hbond substituents is 1. The van der Waals surface area contributed by atoms with E-state index in [0.29, 0.717) is 28.2 Å². The molecular formula is C28H25BrClNO5. The van der Waals surface area contributed by atoms with Crippen LogP contribution in [0.15, 0.2) is 51.6 Å². The molecule has 6 rings (SSSR count). The third-order valence-corrected chi connectivity index (χ3v) is 9.43. The Morgan fingerprint density at radius 3 is 2.50 bits per heavy atom. The summed E-state index contributed by atoms with van der Waals surface area (Å²) in [6, 6.07) is 4.59. The normalized spacial score (nSPS) is 30.7. The molecule has 0 aromatic heterocycles. The number of imide groups is 1. The average Bonchev–Trinajstić information content (AvgIpc) is 3.13. The van der Waals surface area contributed by atoms with Crippen molar-refractivity contribution in [3.8, 4) is 5.75 Å². The number of aromatic hydroxyl groups is 1. The zero-order chi connectivity index (χ0) is 25.3. The van der Waals surface area contributed by atoms with Crippen LogP contribution in [0.25, 0.3) is 0 Å². The molecule has 1 saturated heterocycles. The molecule has 8 heteroatoms. The van der Waals surface area contributed by atoms with Crippen molar-refractivity contribution in [3.05, 3.63) is 62.1 Å². The second kappa shape index (κ2) is 8.80. The highest BCUT2D eigenvalue weighted by Gasteiger charge is 2.57. The molecule has 0 spiro atoms. The second-order valence-electron chi connectivity index (χ2n) is 10.4. The lowest BCUT2D eigenvalue weighted by atomic mass is 9.59. The molecule has 4 atom stereocenters. The van der Waals surface area contributed by atoms with Crippen molar-refractivity contribution in [3.63, 3.8) is 0 Å². The minimum Gasteiger partial charge on any atom is -0.508 e. The fourth-order valence-electron chi connectivity index (χ4n) is 7.04. The summed E-state index contributed by atoms with van der Waals surface area (Å²) < 4.78 is 0.178. The SMILES string of the molecule is O=C1C=C(Br)C(=O)C2=C1[C@@H](c1cc(Cl)ccc1O)C1=CC[C@@H]3C(=O)N(C4CCCCC4)C(=O)[C@@H]3[C@@H]1C2. The summed E-state index contributed by atoms with van der Waals surface area (Å²) in [5.41, 5.74) is 1.91. The second-order valence-corrected chi connectivity index (χ2v) is 11.7. The minimum absolute atomic E-state index is 0.0357. The Hall–Kier alpha value is -2.51. The highest BCUT2D eigenvalue weighted by atomic mass is 79.9. The van der Waals surface area contributed by atoms with Crippen molar-refractivity contribution in [1.82, 2.24) is 4.90 Å². The molecule has 186 valence electrons. The van der Waals surface area contributed by atoms with Crippen LogP contribution in [0.1, 0.15) is 56.4 Å². The van der Waals surface area contributed by atoms with E-state index in [9.17, 15) is 24.3 Å². The van der Waals surface area contributed by atoms with Gasteiger partial charge in [-0.2, -0.15) is 0 Å². The molecular weight excluding hydrogens is 546 g/mol. The van der Waals surface area contributed by atoms with Crippen molar-refractivity contribution in [2.24, 2.45) is 17.8 Å². The fourth-order valence-corrected chi connectivity index (χ4v) is 7.67. The van der Waals surface area contributed by atoms with Crippen LogP contribution in [-0.2, 0) is 19.2 Å². The highest BCUT2D eigenvalue weighted by molar-refractivity contribution is 9.12. The van der Waals surface area contributed by atoms with Crippen molar-refractivity contribution >= 4 is 50.9 Å². The van der Waals surface area contributed by atoms with Crippen LogP contribution in [0.5, 0.6) is 5.75 Å². The number of hydrogen-bond acceptors (Lipinski definition) is 5. The molecule has 1 N–H and O–H groups in total. The maximum Gasteiger partial charge on any atom is 0.233 e. The van der Waals surface area contributed by atoms with E-state index < -0.39 is 23.7 Å². The van der Waals surface area contributed by atoms with Crippen LogP contribution >= 0.6 is 27.5 Å². The number of hydrogen-bond donors (Lipinski definition) is 1. The Labute approximate surface area is 222 Å². The number of carbonyl (C=O) groups excluding carboxylic acids is 4. The molecule has 1 aliphatic heterocycles. The van der Waals surface area contributed by atoms with Gasteiger partial charge in [0.1, 0.15) is 5.75 Å². The number of rotatable bonds is 2. The molecule has 4 aliphatic carbocycles. The molecule has 2 fully saturated rings. The lowest BCUT2D eigenvalue weighted by Gasteiger charge is -2.42. The van der Waals surface area contributed by atoms with Crippen molar-refractivity contribution in [2.75, 3.05) is 0 Å². The number of carbonyl (C=O) groups is 4. The van der Waals surface area contributed by atoms with Crippen LogP contribution in [0.2, 0.25) is 5.02 Å². The lowest BCUT2D eigenvalue weighted by Crippen LogP contribution is -2.43. The molecule has 2 amide bonds. The Morgan fingerprint density at radius 2 is 1.75 bits per heavy atom. The van der Waals surface area contributed by atoms with Crippen molar-refractivity contribution in [2.45, 2.75) is 56.9 Å². The molecule has 0 radical (unpaired) electrons. The third-order valence-electron chi connectivity index (χ3n) is 8.61. The Morgan fingerprint density at radius 1 is 1.00 bits per heavy atom. The number of amides is 2. The predicted octanol–water partition coefficient (Wildman–Crippen LogP) is 5.14. The molecule has 36 heavy (non-hydrogen) atoms. The van der Waals surface area contributed by atoms with Crippen molar-refractivity contribution in [1.29, 1.82) is 0 Å². The summed E-state index contributed by atoms with van der Waals surface area (Å²) in [5.74, 6) is -3.06. The quantitative estimate of drug-likeness (QED) is 0.302. The number of Topliss-reactive ketones (excluding diaryl/α,β-unsaturated/α-hetero) is 1. The number of phenols is 1. The van der Waals surface area contributed by atoms with Gasteiger partial charge in [-0.15, -0.1) is 0 Å². The summed E-state index contributed by atoms with van der Waals surface area (Å²) in [7, 11) is 0. The molecule has 0 unspecified atom stereocenters. The topological polar surface area (TPSA) is 91.8 Å². The molecule has 5 aliphatic rings. The van der Waals surface area contributed by atoms with Gasteiger partial charge in [-0.3, -0.25) is 24.1 Å². The zero-order valence-electron chi connectivity index (χ0n) is 19.5. The van der Waals surface area contributed by atoms with E-state index in [1.54, 1.807) is 12.1 Å². The van der Waals surface area contributed by atoms with Gasteiger partial charge in [-0.1, -0.05) is 42.5 Å². The molecule has 1 heterocycles. The minimum atomic E-state index is -0.710. The van der Waals surface area contributed by atoms with Crippen LogP contribution in [0.4, 0.5) is 0 Å². The molecule has 1 aromatic rings. The van der Waals surface area contributed by atoms with Gasteiger partial charge in [-0.25, -0.2) is 0 Å². The van der Waals surface area contributed by atoms with E-state index in [1.165, 1.54) is 17.0 Å². The maximum atomic E-state index is 13.9. The first kappa shape index (κ1) is 23.9. The molecule has 0 bridgehead atoms. The van der Waals surface area contributed by atoms with Gasteiger partial charge in [0, 0.05) is 39.8 Å². The van der Waals surface area contributed by atoms with E-state index in [2.05, 4.69) is 15.9 Å². The first-order valence-corrected chi connectivity index (χ1v) is 13.7. The number of fused-ring (bicyclic) bond motifs is 3. The summed E-state index contributed by atoms with van der Waals surface area (Å²) in [5, 5.41) is 11.2. The van der Waals surface area contributed by atoms with Crippen molar-refractivity contribution < 1.29 is 24.3 Å². The first-order chi connectivity index (χ1) is 17.3. The summed E-state index contributed by atoms with van der Waals surface area (Å²) in [6.45, 7) is 0. The standard InChI is InChI=1S/C28H25BrClNO5/c29-20-12-22(33)25-19(26(20)34)11-17-15(23(25)18-10-13(30)6-9-21(18)32)7-8-16-24(17)28(36)31(27(16)35)14-4-2-1-3-5-14/h6-7,9-10,12,14,16-17,23-24,32H,1-5,8,11H2/t16-,17+,23+,24-/m0/s1. The number of ketones is 2. The maximum absolute atomic E-state index is 13.9. The Kier molecular flexibility index (Phi) is 5.84. The number of nitrogens with zero attached hydrogens (tertiary/aromatic N) is 1. The van der Waals surface area contributed by atoms with Crippen LogP contribution in [0, 0.1) is 17.8 Å². The van der Waals surface area contributed by atoms with Gasteiger partial charge in [0.2, 0.25) is 11.8 Å². The van der Waals surface area contributed by atoms with Crippen LogP contribution in [-0.4, -0.2) is 39.4 Å². The third kappa shape index (κ3) is 3.50. The lowest BCUT2D eigenvalue weighted by molar-refractivity contribution is -0.143. The zero-order valence-corrected chi connectivity index (χ0v) is 21.8. The summed E-state index contributed by atoms with van der Waals surface area (Å²) in [4.78, 5) is 55.4. The Bertz CT molecular complexity index is 1320. The molecule has 6 nitrogen and oxygen atoms in total. The number of allylic oxidation sites excluding steroid dienone is 6. The van der Waals surface area contributed by atoms with Crippen LogP contribution in [0.3, 0.4) is 0 Å². The van der Waals surface area contributed by atoms with E-state index in [4.69, 9.17) is 11.6 Å². The van der Waals surface area contributed by atoms with Gasteiger partial charge < -0.3 is 5.11 Å². The largest absolute Gasteiger partial charge is 0.508 e. The predicted molar refractivity (Wildman–Crippen MR) is 136 cm³/mol.